The van der Waals surface area contributed by atoms with Gasteiger partial charge in [-0.15, -0.1) is 0 Å². The lowest BCUT2D eigenvalue weighted by Gasteiger charge is -2.30. The van der Waals surface area contributed by atoms with E-state index >= 15 is 0 Å². The number of fused-ring (bicyclic) bond motifs is 1. The van der Waals surface area contributed by atoms with Crippen LogP contribution in [-0.2, 0) is 16.0 Å². The van der Waals surface area contributed by atoms with Crippen molar-refractivity contribution in [3.05, 3.63) is 65.5 Å². The molecule has 0 saturated heterocycles. The Morgan fingerprint density at radius 2 is 1.68 bits per heavy atom. The van der Waals surface area contributed by atoms with Gasteiger partial charge in [-0.25, -0.2) is 4.39 Å². The summed E-state index contributed by atoms with van der Waals surface area (Å²) in [6.07, 6.45) is 1.94. The number of benzene rings is 2. The fraction of sp³-hybridized carbons (Fsp3) is 0.250. The molecular weight excluding hydrogens is 363 g/mol. The highest BCUT2D eigenvalue weighted by atomic mass is 19.1. The van der Waals surface area contributed by atoms with Gasteiger partial charge in [0.1, 0.15) is 5.82 Å². The minimum Gasteiger partial charge on any atom is -0.362 e. The van der Waals surface area contributed by atoms with E-state index in [2.05, 4.69) is 16.2 Å². The molecule has 3 rings (SSSR count). The molecule has 146 valence electrons. The number of anilines is 1. The van der Waals surface area contributed by atoms with Gasteiger partial charge in [0.2, 0.25) is 0 Å². The second kappa shape index (κ2) is 8.98. The van der Waals surface area contributed by atoms with Crippen molar-refractivity contribution in [3.8, 4) is 0 Å². The maximum atomic E-state index is 13.5. The summed E-state index contributed by atoms with van der Waals surface area (Å²) in [7, 11) is 0. The van der Waals surface area contributed by atoms with Crippen molar-refractivity contribution in [1.82, 2.24) is 16.2 Å². The molecule has 0 saturated carbocycles. The highest BCUT2D eigenvalue weighted by Gasteiger charge is 2.19. The van der Waals surface area contributed by atoms with Crippen molar-refractivity contribution in [2.24, 2.45) is 0 Å². The molecule has 0 bridgehead atoms. The molecule has 0 unspecified atom stereocenters. The van der Waals surface area contributed by atoms with E-state index in [4.69, 9.17) is 0 Å². The van der Waals surface area contributed by atoms with Gasteiger partial charge in [-0.1, -0.05) is 30.3 Å². The minimum absolute atomic E-state index is 0.110. The Morgan fingerprint density at radius 1 is 0.964 bits per heavy atom. The first-order valence-electron chi connectivity index (χ1n) is 8.98. The molecule has 0 radical (unpaired) electrons. The SMILES string of the molecule is O=C(CNC(=O)c1ccccc1F)NNC(=O)CN1CCCc2ccccc21. The van der Waals surface area contributed by atoms with Gasteiger partial charge in [0.25, 0.3) is 17.7 Å². The number of amides is 3. The molecular formula is C20H21FN4O3. The number of hydrogen-bond donors (Lipinski definition) is 3. The number of para-hydroxylation sites is 1. The molecule has 8 heteroatoms. The van der Waals surface area contributed by atoms with Crippen LogP contribution in [0.5, 0.6) is 0 Å². The highest BCUT2D eigenvalue weighted by Crippen LogP contribution is 2.26. The summed E-state index contributed by atoms with van der Waals surface area (Å²) in [6, 6.07) is 13.4. The van der Waals surface area contributed by atoms with Crippen molar-refractivity contribution in [3.63, 3.8) is 0 Å². The third kappa shape index (κ3) is 4.85. The van der Waals surface area contributed by atoms with Gasteiger partial charge in [0.15, 0.2) is 0 Å². The van der Waals surface area contributed by atoms with Crippen molar-refractivity contribution in [2.45, 2.75) is 12.8 Å². The number of carbonyl (C=O) groups excluding carboxylic acids is 3. The first-order valence-corrected chi connectivity index (χ1v) is 8.98. The van der Waals surface area contributed by atoms with Crippen LogP contribution in [-0.4, -0.2) is 37.4 Å². The molecule has 0 aliphatic carbocycles. The van der Waals surface area contributed by atoms with Crippen LogP contribution in [0.25, 0.3) is 0 Å². The molecule has 3 amide bonds. The summed E-state index contributed by atoms with van der Waals surface area (Å²) >= 11 is 0. The van der Waals surface area contributed by atoms with E-state index < -0.39 is 17.6 Å². The van der Waals surface area contributed by atoms with Gasteiger partial charge in [0.05, 0.1) is 18.7 Å². The fourth-order valence-electron chi connectivity index (χ4n) is 3.07. The lowest BCUT2D eigenvalue weighted by molar-refractivity contribution is -0.127. The lowest BCUT2D eigenvalue weighted by atomic mass is 10.0. The van der Waals surface area contributed by atoms with Crippen LogP contribution in [0.15, 0.2) is 48.5 Å². The number of nitrogens with one attached hydrogen (secondary N) is 3. The van der Waals surface area contributed by atoms with E-state index in [0.29, 0.717) is 0 Å². The Balaban J connectivity index is 1.43. The smallest absolute Gasteiger partial charge is 0.257 e. The molecule has 28 heavy (non-hydrogen) atoms. The number of hydrogen-bond acceptors (Lipinski definition) is 4. The zero-order valence-electron chi connectivity index (χ0n) is 15.2. The van der Waals surface area contributed by atoms with Gasteiger partial charge in [-0.3, -0.25) is 25.2 Å². The van der Waals surface area contributed by atoms with Crippen LogP contribution in [0, 0.1) is 5.82 Å². The van der Waals surface area contributed by atoms with E-state index in [1.54, 1.807) is 0 Å². The second-order valence-electron chi connectivity index (χ2n) is 6.41. The minimum atomic E-state index is -0.704. The molecule has 1 aliphatic heterocycles. The van der Waals surface area contributed by atoms with Gasteiger partial charge < -0.3 is 10.2 Å². The second-order valence-corrected chi connectivity index (χ2v) is 6.41. The van der Waals surface area contributed by atoms with Crippen LogP contribution in [0.4, 0.5) is 10.1 Å². The molecule has 3 N–H and O–H groups in total. The maximum Gasteiger partial charge on any atom is 0.257 e. The molecule has 0 fully saturated rings. The van der Waals surface area contributed by atoms with Gasteiger partial charge in [-0.05, 0) is 36.6 Å². The van der Waals surface area contributed by atoms with Crippen molar-refractivity contribution in [1.29, 1.82) is 0 Å². The normalized spacial score (nSPS) is 12.7. The highest BCUT2D eigenvalue weighted by molar-refractivity contribution is 5.96. The average molecular weight is 384 g/mol. The number of halogens is 1. The Hall–Kier alpha value is -3.42. The van der Waals surface area contributed by atoms with Crippen LogP contribution >= 0.6 is 0 Å². The molecule has 7 nitrogen and oxygen atoms in total. The third-order valence-electron chi connectivity index (χ3n) is 4.41. The van der Waals surface area contributed by atoms with Gasteiger partial charge in [0, 0.05) is 12.2 Å². The fourth-order valence-corrected chi connectivity index (χ4v) is 3.07. The van der Waals surface area contributed by atoms with Crippen LogP contribution < -0.4 is 21.1 Å². The number of carbonyl (C=O) groups is 3. The molecule has 0 aromatic heterocycles. The van der Waals surface area contributed by atoms with Crippen molar-refractivity contribution in [2.75, 3.05) is 24.5 Å². The average Bonchev–Trinajstić information content (AvgIpc) is 2.71. The van der Waals surface area contributed by atoms with Crippen molar-refractivity contribution < 1.29 is 18.8 Å². The summed E-state index contributed by atoms with van der Waals surface area (Å²) in [4.78, 5) is 37.8. The zero-order chi connectivity index (χ0) is 19.9. The predicted octanol–water partition coefficient (Wildman–Crippen LogP) is 1.16. The Kier molecular flexibility index (Phi) is 6.21. The topological polar surface area (TPSA) is 90.5 Å². The third-order valence-corrected chi connectivity index (χ3v) is 4.41. The molecule has 0 spiro atoms. The van der Waals surface area contributed by atoms with E-state index in [1.165, 1.54) is 23.8 Å². The summed E-state index contributed by atoms with van der Waals surface area (Å²) in [5.41, 5.74) is 6.64. The first kappa shape index (κ1) is 19.3. The van der Waals surface area contributed by atoms with Crippen LogP contribution in [0.3, 0.4) is 0 Å². The largest absolute Gasteiger partial charge is 0.362 e. The summed E-state index contributed by atoms with van der Waals surface area (Å²) < 4.78 is 13.5. The first-order chi connectivity index (χ1) is 13.5. The van der Waals surface area contributed by atoms with E-state index in [9.17, 15) is 18.8 Å². The molecule has 1 aliphatic rings. The quantitative estimate of drug-likeness (QED) is 0.675. The number of aryl methyl sites for hydroxylation is 1. The van der Waals surface area contributed by atoms with E-state index in [1.807, 2.05) is 29.2 Å². The maximum absolute atomic E-state index is 13.5. The number of rotatable bonds is 5. The summed E-state index contributed by atoms with van der Waals surface area (Å²) in [5, 5.41) is 2.30. The summed E-state index contributed by atoms with van der Waals surface area (Å²) in [5.74, 6) is -2.36. The lowest BCUT2D eigenvalue weighted by Crippen LogP contribution is -2.50. The van der Waals surface area contributed by atoms with Crippen molar-refractivity contribution >= 4 is 23.4 Å². The Labute approximate surface area is 161 Å². The van der Waals surface area contributed by atoms with E-state index in [-0.39, 0.29) is 24.6 Å². The predicted molar refractivity (Wildman–Crippen MR) is 102 cm³/mol. The molecule has 2 aromatic rings. The molecule has 2 aromatic carbocycles. The van der Waals surface area contributed by atoms with E-state index in [0.717, 1.165) is 31.1 Å². The molecule has 0 atom stereocenters. The van der Waals surface area contributed by atoms with Crippen LogP contribution in [0.2, 0.25) is 0 Å². The number of nitrogens with zero attached hydrogens (tertiary/aromatic N) is 1. The standard InChI is InChI=1S/C20H21FN4O3/c21-16-9-3-2-8-15(16)20(28)22-12-18(26)23-24-19(27)13-25-11-5-7-14-6-1-4-10-17(14)25/h1-4,6,8-10H,5,7,11-13H2,(H,22,28)(H,23,26)(H,24,27). The van der Waals surface area contributed by atoms with Gasteiger partial charge in [-0.2, -0.15) is 0 Å². The molecule has 1 heterocycles. The number of hydrazine groups is 1. The van der Waals surface area contributed by atoms with Crippen LogP contribution in [0.1, 0.15) is 22.3 Å². The van der Waals surface area contributed by atoms with Gasteiger partial charge >= 0.3 is 0 Å². The Bertz CT molecular complexity index is 887. The summed E-state index contributed by atoms with van der Waals surface area (Å²) in [6.45, 7) is 0.482. The monoisotopic (exact) mass is 384 g/mol. The Morgan fingerprint density at radius 3 is 2.50 bits per heavy atom. The zero-order valence-corrected chi connectivity index (χ0v) is 15.2.